The first-order valence-corrected chi connectivity index (χ1v) is 3.19. The number of aliphatic hydroxyl groups is 1. The zero-order chi connectivity index (χ0) is 8.15. The van der Waals surface area contributed by atoms with Gasteiger partial charge in [-0.05, 0) is 13.3 Å². The van der Waals surface area contributed by atoms with Crippen molar-refractivity contribution >= 4 is 5.97 Å². The molecular weight excluding hydrogens is 134 g/mol. The van der Waals surface area contributed by atoms with Crippen LogP contribution in [0.3, 0.4) is 0 Å². The van der Waals surface area contributed by atoms with Gasteiger partial charge in [-0.3, -0.25) is 4.79 Å². The summed E-state index contributed by atoms with van der Waals surface area (Å²) in [5.74, 6) is -0.879. The highest BCUT2D eigenvalue weighted by atomic mass is 16.4. The van der Waals surface area contributed by atoms with Gasteiger partial charge in [-0.2, -0.15) is 0 Å². The Morgan fingerprint density at radius 2 is 2.20 bits per heavy atom. The minimum Gasteiger partial charge on any atom is -0.481 e. The summed E-state index contributed by atoms with van der Waals surface area (Å²) in [6.45, 7) is 1.55. The molecule has 0 aliphatic carbocycles. The lowest BCUT2D eigenvalue weighted by Crippen LogP contribution is -2.32. The molecule has 0 aliphatic rings. The van der Waals surface area contributed by atoms with E-state index in [0.29, 0.717) is 6.42 Å². The van der Waals surface area contributed by atoms with Gasteiger partial charge in [0.15, 0.2) is 0 Å². The second kappa shape index (κ2) is 4.24. The zero-order valence-corrected chi connectivity index (χ0v) is 5.95. The highest BCUT2D eigenvalue weighted by molar-refractivity contribution is 5.66. The average Bonchev–Trinajstić information content (AvgIpc) is 1.82. The van der Waals surface area contributed by atoms with Crippen LogP contribution in [0.4, 0.5) is 0 Å². The van der Waals surface area contributed by atoms with Gasteiger partial charge in [0.1, 0.15) is 0 Å². The fraction of sp³-hybridized carbons (Fsp3) is 0.833. The predicted octanol–water partition coefficient (Wildman–Crippen LogP) is -0.441. The van der Waals surface area contributed by atoms with Gasteiger partial charge in [-0.1, -0.05) is 0 Å². The van der Waals surface area contributed by atoms with Crippen LogP contribution in [0.15, 0.2) is 0 Å². The molecule has 0 radical (unpaired) electrons. The Hall–Kier alpha value is -0.610. The number of aliphatic carboxylic acids is 1. The fourth-order valence-corrected chi connectivity index (χ4v) is 0.531. The number of aliphatic hydroxyl groups excluding tert-OH is 1. The molecule has 0 bridgehead atoms. The standard InChI is InChI=1S/C6H13NO3/c1-4(8)5(7)2-3-6(9)10/h4-5,8H,2-3,7H2,1H3,(H,9,10)/t4-,5+/m0/s1. The van der Waals surface area contributed by atoms with Gasteiger partial charge in [0.05, 0.1) is 6.10 Å². The van der Waals surface area contributed by atoms with Crippen molar-refractivity contribution in [1.29, 1.82) is 0 Å². The van der Waals surface area contributed by atoms with Crippen LogP contribution in [0.25, 0.3) is 0 Å². The van der Waals surface area contributed by atoms with Gasteiger partial charge in [0, 0.05) is 12.5 Å². The zero-order valence-electron chi connectivity index (χ0n) is 5.95. The van der Waals surface area contributed by atoms with E-state index in [4.69, 9.17) is 15.9 Å². The molecule has 60 valence electrons. The molecule has 2 atom stereocenters. The molecule has 0 saturated heterocycles. The minimum atomic E-state index is -0.879. The third-order valence-corrected chi connectivity index (χ3v) is 1.31. The first kappa shape index (κ1) is 9.39. The Morgan fingerprint density at radius 3 is 2.50 bits per heavy atom. The summed E-state index contributed by atoms with van der Waals surface area (Å²) in [5.41, 5.74) is 5.35. The number of carboxylic acids is 1. The largest absolute Gasteiger partial charge is 0.481 e. The smallest absolute Gasteiger partial charge is 0.303 e. The molecule has 4 heteroatoms. The quantitative estimate of drug-likeness (QED) is 0.503. The van der Waals surface area contributed by atoms with E-state index >= 15 is 0 Å². The second-order valence-corrected chi connectivity index (χ2v) is 2.34. The number of carboxylic acid groups (broad SMARTS) is 1. The molecule has 4 N–H and O–H groups in total. The molecule has 10 heavy (non-hydrogen) atoms. The summed E-state index contributed by atoms with van der Waals surface area (Å²) >= 11 is 0. The summed E-state index contributed by atoms with van der Waals surface area (Å²) in [7, 11) is 0. The summed E-state index contributed by atoms with van der Waals surface area (Å²) in [5, 5.41) is 17.0. The fourth-order valence-electron chi connectivity index (χ4n) is 0.531. The van der Waals surface area contributed by atoms with Crippen molar-refractivity contribution in [2.75, 3.05) is 0 Å². The van der Waals surface area contributed by atoms with Gasteiger partial charge in [-0.25, -0.2) is 0 Å². The third kappa shape index (κ3) is 4.29. The van der Waals surface area contributed by atoms with E-state index in [9.17, 15) is 4.79 Å². The lowest BCUT2D eigenvalue weighted by atomic mass is 10.1. The Balaban J connectivity index is 3.39. The van der Waals surface area contributed by atoms with Crippen molar-refractivity contribution in [2.45, 2.75) is 31.9 Å². The lowest BCUT2D eigenvalue weighted by molar-refractivity contribution is -0.137. The van der Waals surface area contributed by atoms with Crippen LogP contribution in [0.1, 0.15) is 19.8 Å². The van der Waals surface area contributed by atoms with Gasteiger partial charge >= 0.3 is 5.97 Å². The SMILES string of the molecule is C[C@H](O)[C@H](N)CCC(=O)O. The molecule has 0 aromatic carbocycles. The van der Waals surface area contributed by atoms with Gasteiger partial charge in [-0.15, -0.1) is 0 Å². The summed E-state index contributed by atoms with van der Waals surface area (Å²) in [6, 6.07) is -0.420. The number of carbonyl (C=O) groups is 1. The van der Waals surface area contributed by atoms with Gasteiger partial charge in [0.25, 0.3) is 0 Å². The number of hydrogen-bond donors (Lipinski definition) is 3. The topological polar surface area (TPSA) is 83.5 Å². The summed E-state index contributed by atoms with van der Waals surface area (Å²) in [4.78, 5) is 9.99. The lowest BCUT2D eigenvalue weighted by Gasteiger charge is -2.12. The molecule has 0 amide bonds. The molecule has 0 aliphatic heterocycles. The van der Waals surface area contributed by atoms with E-state index in [0.717, 1.165) is 0 Å². The Morgan fingerprint density at radius 1 is 1.70 bits per heavy atom. The number of nitrogens with two attached hydrogens (primary N) is 1. The van der Waals surface area contributed by atoms with Crippen LogP contribution < -0.4 is 5.73 Å². The summed E-state index contributed by atoms with van der Waals surface area (Å²) in [6.07, 6.45) is -0.279. The van der Waals surface area contributed by atoms with Gasteiger partial charge < -0.3 is 15.9 Å². The van der Waals surface area contributed by atoms with E-state index < -0.39 is 18.1 Å². The van der Waals surface area contributed by atoms with Crippen molar-refractivity contribution in [3.63, 3.8) is 0 Å². The molecule has 0 saturated carbocycles. The van der Waals surface area contributed by atoms with Crippen molar-refractivity contribution in [3.05, 3.63) is 0 Å². The molecule has 0 aromatic rings. The maximum absolute atomic E-state index is 9.99. The van der Waals surface area contributed by atoms with Crippen molar-refractivity contribution < 1.29 is 15.0 Å². The molecule has 0 spiro atoms. The Kier molecular flexibility index (Phi) is 3.99. The predicted molar refractivity (Wildman–Crippen MR) is 36.5 cm³/mol. The number of hydrogen-bond acceptors (Lipinski definition) is 3. The average molecular weight is 147 g/mol. The highest BCUT2D eigenvalue weighted by Gasteiger charge is 2.10. The Labute approximate surface area is 59.7 Å². The molecule has 4 nitrogen and oxygen atoms in total. The second-order valence-electron chi connectivity index (χ2n) is 2.34. The van der Waals surface area contributed by atoms with Crippen molar-refractivity contribution in [2.24, 2.45) is 5.73 Å². The molecular formula is C6H13NO3. The first-order valence-electron chi connectivity index (χ1n) is 3.19. The van der Waals surface area contributed by atoms with Crippen molar-refractivity contribution in [3.8, 4) is 0 Å². The van der Waals surface area contributed by atoms with E-state index in [1.54, 1.807) is 6.92 Å². The highest BCUT2D eigenvalue weighted by Crippen LogP contribution is 1.98. The first-order chi connectivity index (χ1) is 4.54. The molecule has 0 rings (SSSR count). The van der Waals surface area contributed by atoms with E-state index in [1.165, 1.54) is 0 Å². The van der Waals surface area contributed by atoms with Crippen LogP contribution in [0.2, 0.25) is 0 Å². The van der Waals surface area contributed by atoms with Crippen LogP contribution >= 0.6 is 0 Å². The van der Waals surface area contributed by atoms with Crippen LogP contribution in [-0.2, 0) is 4.79 Å². The van der Waals surface area contributed by atoms with E-state index in [2.05, 4.69) is 0 Å². The van der Waals surface area contributed by atoms with Crippen LogP contribution in [0, 0.1) is 0 Å². The Bertz CT molecular complexity index is 114. The minimum absolute atomic E-state index is 0.0199. The maximum atomic E-state index is 9.99. The molecule has 0 heterocycles. The molecule has 0 fully saturated rings. The number of rotatable bonds is 4. The molecule has 0 unspecified atom stereocenters. The molecule has 0 aromatic heterocycles. The van der Waals surface area contributed by atoms with Crippen LogP contribution in [-0.4, -0.2) is 28.3 Å². The maximum Gasteiger partial charge on any atom is 0.303 e. The van der Waals surface area contributed by atoms with E-state index in [-0.39, 0.29) is 6.42 Å². The normalized spacial score (nSPS) is 16.3. The van der Waals surface area contributed by atoms with Gasteiger partial charge in [0.2, 0.25) is 0 Å². The third-order valence-electron chi connectivity index (χ3n) is 1.31. The monoisotopic (exact) mass is 147 g/mol. The van der Waals surface area contributed by atoms with E-state index in [1.807, 2.05) is 0 Å². The van der Waals surface area contributed by atoms with Crippen molar-refractivity contribution in [1.82, 2.24) is 0 Å². The summed E-state index contributed by atoms with van der Waals surface area (Å²) < 4.78 is 0. The van der Waals surface area contributed by atoms with Crippen LogP contribution in [0.5, 0.6) is 0 Å².